The number of anilines is 1. The van der Waals surface area contributed by atoms with Gasteiger partial charge in [0.15, 0.2) is 0 Å². The lowest BCUT2D eigenvalue weighted by Crippen LogP contribution is -2.40. The van der Waals surface area contributed by atoms with Crippen LogP contribution >= 0.6 is 35.0 Å². The van der Waals surface area contributed by atoms with Gasteiger partial charge in [-0.2, -0.15) is 11.8 Å². The Morgan fingerprint density at radius 2 is 1.96 bits per heavy atom. The van der Waals surface area contributed by atoms with Gasteiger partial charge in [0.2, 0.25) is 15.9 Å². The summed E-state index contributed by atoms with van der Waals surface area (Å²) < 4.78 is 25.2. The highest BCUT2D eigenvalue weighted by Gasteiger charge is 2.23. The van der Waals surface area contributed by atoms with Crippen LogP contribution in [0, 0.1) is 0 Å². The molecule has 0 aliphatic heterocycles. The lowest BCUT2D eigenvalue weighted by atomic mass is 10.0. The van der Waals surface area contributed by atoms with E-state index in [0.717, 1.165) is 28.0 Å². The monoisotopic (exact) mass is 452 g/mol. The van der Waals surface area contributed by atoms with Gasteiger partial charge >= 0.3 is 0 Å². The van der Waals surface area contributed by atoms with Crippen molar-refractivity contribution in [3.8, 4) is 0 Å². The van der Waals surface area contributed by atoms with Crippen molar-refractivity contribution in [2.75, 3.05) is 29.4 Å². The highest BCUT2D eigenvalue weighted by atomic mass is 35.5. The van der Waals surface area contributed by atoms with Gasteiger partial charge in [-0.25, -0.2) is 8.42 Å². The van der Waals surface area contributed by atoms with E-state index in [-0.39, 0.29) is 23.2 Å². The molecule has 1 aliphatic rings. The van der Waals surface area contributed by atoms with Crippen molar-refractivity contribution in [1.82, 2.24) is 5.32 Å². The van der Waals surface area contributed by atoms with E-state index in [2.05, 4.69) is 5.32 Å². The summed E-state index contributed by atoms with van der Waals surface area (Å²) in [6.45, 7) is 0.223. The lowest BCUT2D eigenvalue weighted by Gasteiger charge is -2.23. The number of carbonyl (C=O) groups excluding carboxylic acids is 1. The maximum Gasteiger partial charge on any atom is 0.240 e. The van der Waals surface area contributed by atoms with Crippen LogP contribution in [0.4, 0.5) is 5.69 Å². The number of amides is 1. The Bertz CT molecular complexity index is 738. The van der Waals surface area contributed by atoms with Crippen LogP contribution in [-0.4, -0.2) is 44.7 Å². The zero-order valence-electron chi connectivity index (χ0n) is 15.4. The third-order valence-electron chi connectivity index (χ3n) is 4.41. The Balaban J connectivity index is 1.81. The van der Waals surface area contributed by atoms with Crippen molar-refractivity contribution >= 4 is 56.6 Å². The quantitative estimate of drug-likeness (QED) is 0.566. The van der Waals surface area contributed by atoms with Crippen molar-refractivity contribution < 1.29 is 13.2 Å². The number of hydrogen-bond acceptors (Lipinski definition) is 4. The van der Waals surface area contributed by atoms with Crippen LogP contribution in [0.2, 0.25) is 10.0 Å². The van der Waals surface area contributed by atoms with E-state index in [1.54, 1.807) is 6.07 Å². The number of benzene rings is 1. The summed E-state index contributed by atoms with van der Waals surface area (Å²) in [6, 6.07) is 4.50. The van der Waals surface area contributed by atoms with Crippen LogP contribution in [0.3, 0.4) is 0 Å². The maximum absolute atomic E-state index is 12.2. The summed E-state index contributed by atoms with van der Waals surface area (Å²) in [6.07, 6.45) is 8.50. The molecule has 0 radical (unpaired) electrons. The van der Waals surface area contributed by atoms with E-state index in [0.29, 0.717) is 11.6 Å². The lowest BCUT2D eigenvalue weighted by molar-refractivity contribution is -0.119. The predicted octanol–water partition coefficient (Wildman–Crippen LogP) is 4.33. The van der Waals surface area contributed by atoms with Crippen molar-refractivity contribution in [2.45, 2.75) is 43.8 Å². The van der Waals surface area contributed by atoms with Gasteiger partial charge in [0.25, 0.3) is 0 Å². The van der Waals surface area contributed by atoms with Gasteiger partial charge in [-0.3, -0.25) is 9.10 Å². The van der Waals surface area contributed by atoms with Crippen LogP contribution in [0.25, 0.3) is 0 Å². The molecule has 1 aliphatic carbocycles. The molecule has 0 saturated heterocycles. The summed E-state index contributed by atoms with van der Waals surface area (Å²) in [7, 11) is -3.66. The van der Waals surface area contributed by atoms with Gasteiger partial charge in [0.1, 0.15) is 6.54 Å². The van der Waals surface area contributed by atoms with Gasteiger partial charge in [0.05, 0.1) is 17.0 Å². The highest BCUT2D eigenvalue weighted by molar-refractivity contribution is 7.99. The number of halogens is 2. The second-order valence-electron chi connectivity index (χ2n) is 6.70. The molecule has 1 amide bonds. The minimum absolute atomic E-state index is 0.185. The number of rotatable bonds is 9. The predicted molar refractivity (Wildman–Crippen MR) is 116 cm³/mol. The van der Waals surface area contributed by atoms with E-state index < -0.39 is 10.0 Å². The zero-order chi connectivity index (χ0) is 19.9. The third-order valence-corrected chi connectivity index (χ3v) is 7.55. The van der Waals surface area contributed by atoms with Crippen LogP contribution in [-0.2, 0) is 14.8 Å². The minimum Gasteiger partial charge on any atom is -0.354 e. The Labute approximate surface area is 176 Å². The van der Waals surface area contributed by atoms with E-state index in [1.165, 1.54) is 44.2 Å². The molecule has 1 fully saturated rings. The topological polar surface area (TPSA) is 66.5 Å². The minimum atomic E-state index is -3.66. The third kappa shape index (κ3) is 7.72. The molecule has 2 rings (SSSR count). The second-order valence-corrected chi connectivity index (χ2v) is 10.9. The summed E-state index contributed by atoms with van der Waals surface area (Å²) in [4.78, 5) is 12.2. The van der Waals surface area contributed by atoms with Crippen LogP contribution < -0.4 is 9.62 Å². The Hall–Kier alpha value is -0.630. The maximum atomic E-state index is 12.2. The van der Waals surface area contributed by atoms with Gasteiger partial charge in [-0.1, -0.05) is 42.5 Å². The molecule has 9 heteroatoms. The summed E-state index contributed by atoms with van der Waals surface area (Å²) in [5, 5.41) is 4.13. The average Bonchev–Trinajstić information content (AvgIpc) is 2.60. The molecule has 0 spiro atoms. The Morgan fingerprint density at radius 3 is 2.59 bits per heavy atom. The number of hydrogen-bond donors (Lipinski definition) is 1. The fourth-order valence-electron chi connectivity index (χ4n) is 3.03. The normalized spacial score (nSPS) is 15.5. The summed E-state index contributed by atoms with van der Waals surface area (Å²) in [5.74, 6) is 0.651. The van der Waals surface area contributed by atoms with Crippen molar-refractivity contribution in [2.24, 2.45) is 0 Å². The second kappa shape index (κ2) is 10.8. The van der Waals surface area contributed by atoms with Gasteiger partial charge in [-0.15, -0.1) is 0 Å². The molecule has 0 bridgehead atoms. The molecule has 1 aromatic rings. The van der Waals surface area contributed by atoms with Gasteiger partial charge < -0.3 is 5.32 Å². The Kier molecular flexibility index (Phi) is 9.05. The molecule has 1 N–H and O–H groups in total. The molecule has 5 nitrogen and oxygen atoms in total. The molecule has 1 aromatic carbocycles. The van der Waals surface area contributed by atoms with Gasteiger partial charge in [-0.05, 0) is 43.2 Å². The van der Waals surface area contributed by atoms with Gasteiger partial charge in [0, 0.05) is 16.8 Å². The molecule has 27 heavy (non-hydrogen) atoms. The van der Waals surface area contributed by atoms with Crippen molar-refractivity contribution in [3.63, 3.8) is 0 Å². The molecular formula is C18H26Cl2N2O3S2. The number of nitrogens with zero attached hydrogens (tertiary/aromatic N) is 1. The first kappa shape index (κ1) is 22.7. The molecular weight excluding hydrogens is 427 g/mol. The number of nitrogens with one attached hydrogen (secondary N) is 1. The summed E-state index contributed by atoms with van der Waals surface area (Å²) >= 11 is 14.0. The largest absolute Gasteiger partial charge is 0.354 e. The standard InChI is InChI=1S/C18H26Cl2N2O3S2/c1-27(24,25)22(17-9-8-14(19)12-16(17)20)13-18(23)21-10-5-11-26-15-6-3-2-4-7-15/h8-9,12,15H,2-7,10-11,13H2,1H3,(H,21,23). The first-order valence-electron chi connectivity index (χ1n) is 9.08. The van der Waals surface area contributed by atoms with Crippen molar-refractivity contribution in [3.05, 3.63) is 28.2 Å². The van der Waals surface area contributed by atoms with E-state index >= 15 is 0 Å². The number of carbonyl (C=O) groups is 1. The molecule has 0 unspecified atom stereocenters. The molecule has 0 aromatic heterocycles. The zero-order valence-corrected chi connectivity index (χ0v) is 18.6. The van der Waals surface area contributed by atoms with E-state index in [9.17, 15) is 13.2 Å². The molecule has 1 saturated carbocycles. The summed E-state index contributed by atoms with van der Waals surface area (Å²) in [5.41, 5.74) is 0.242. The van der Waals surface area contributed by atoms with Crippen LogP contribution in [0.5, 0.6) is 0 Å². The SMILES string of the molecule is CS(=O)(=O)N(CC(=O)NCCCSC1CCCCC1)c1ccc(Cl)cc1Cl. The number of sulfonamides is 1. The van der Waals surface area contributed by atoms with Crippen LogP contribution in [0.15, 0.2) is 18.2 Å². The smallest absolute Gasteiger partial charge is 0.240 e. The average molecular weight is 453 g/mol. The molecule has 152 valence electrons. The number of thioether (sulfide) groups is 1. The van der Waals surface area contributed by atoms with E-state index in [4.69, 9.17) is 23.2 Å². The van der Waals surface area contributed by atoms with Crippen LogP contribution in [0.1, 0.15) is 38.5 Å². The fraction of sp³-hybridized carbons (Fsp3) is 0.611. The first-order chi connectivity index (χ1) is 12.8. The highest BCUT2D eigenvalue weighted by Crippen LogP contribution is 2.30. The molecule has 0 heterocycles. The van der Waals surface area contributed by atoms with Crippen molar-refractivity contribution in [1.29, 1.82) is 0 Å². The van der Waals surface area contributed by atoms with E-state index in [1.807, 2.05) is 11.8 Å². The Morgan fingerprint density at radius 1 is 1.26 bits per heavy atom. The molecule has 0 atom stereocenters. The fourth-order valence-corrected chi connectivity index (χ4v) is 5.77. The first-order valence-corrected chi connectivity index (χ1v) is 12.7.